The molecule has 5 nitrogen and oxygen atoms in total. The van der Waals surface area contributed by atoms with E-state index in [1.807, 2.05) is 74.5 Å². The molecule has 0 aliphatic rings. The average molecular weight is 356 g/mol. The Hall–Kier alpha value is -3.47. The molecule has 2 aromatic heterocycles. The van der Waals surface area contributed by atoms with Crippen molar-refractivity contribution in [3.8, 4) is 17.1 Å². The first kappa shape index (κ1) is 17.0. The van der Waals surface area contributed by atoms with Crippen LogP contribution < -0.4 is 10.1 Å². The summed E-state index contributed by atoms with van der Waals surface area (Å²) in [4.78, 5) is 13.5. The molecule has 0 saturated heterocycles. The zero-order valence-corrected chi connectivity index (χ0v) is 15.3. The number of aromatic nitrogens is 3. The molecular formula is C22H20N4O. The van der Waals surface area contributed by atoms with Crippen LogP contribution in [0.4, 0.5) is 11.5 Å². The number of rotatable bonds is 5. The van der Waals surface area contributed by atoms with Gasteiger partial charge in [-0.2, -0.15) is 0 Å². The van der Waals surface area contributed by atoms with Gasteiger partial charge in [0.15, 0.2) is 5.82 Å². The predicted molar refractivity (Wildman–Crippen MR) is 108 cm³/mol. The molecule has 5 heteroatoms. The highest BCUT2D eigenvalue weighted by Gasteiger charge is 2.10. The van der Waals surface area contributed by atoms with Crippen LogP contribution in [0.3, 0.4) is 0 Å². The maximum Gasteiger partial charge on any atom is 0.162 e. The van der Waals surface area contributed by atoms with Crippen LogP contribution in [0.15, 0.2) is 73.1 Å². The van der Waals surface area contributed by atoms with Crippen molar-refractivity contribution >= 4 is 22.4 Å². The van der Waals surface area contributed by atoms with E-state index in [1.165, 1.54) is 0 Å². The SMILES string of the molecule is CC(C)Oc1ccc(Nc2nc(-c3ccncc3)nc3ccccc23)cc1. The maximum absolute atomic E-state index is 5.71. The topological polar surface area (TPSA) is 59.9 Å². The summed E-state index contributed by atoms with van der Waals surface area (Å²) in [6.45, 7) is 4.03. The predicted octanol–water partition coefficient (Wildman–Crippen LogP) is 5.22. The molecule has 0 bridgehead atoms. The Bertz CT molecular complexity index is 1050. The van der Waals surface area contributed by atoms with E-state index in [2.05, 4.69) is 10.3 Å². The third kappa shape index (κ3) is 3.87. The van der Waals surface area contributed by atoms with E-state index in [-0.39, 0.29) is 6.10 Å². The van der Waals surface area contributed by atoms with Gasteiger partial charge in [0.25, 0.3) is 0 Å². The van der Waals surface area contributed by atoms with Gasteiger partial charge in [-0.25, -0.2) is 9.97 Å². The molecule has 0 radical (unpaired) electrons. The first-order valence-corrected chi connectivity index (χ1v) is 8.90. The lowest BCUT2D eigenvalue weighted by Gasteiger charge is -2.13. The van der Waals surface area contributed by atoms with E-state index in [0.29, 0.717) is 5.82 Å². The van der Waals surface area contributed by atoms with Crippen molar-refractivity contribution in [2.45, 2.75) is 20.0 Å². The summed E-state index contributed by atoms with van der Waals surface area (Å²) in [6, 6.07) is 19.7. The number of nitrogens with zero attached hydrogens (tertiary/aromatic N) is 3. The molecule has 1 N–H and O–H groups in total. The van der Waals surface area contributed by atoms with E-state index >= 15 is 0 Å². The molecule has 0 spiro atoms. The zero-order chi connectivity index (χ0) is 18.6. The molecule has 27 heavy (non-hydrogen) atoms. The van der Waals surface area contributed by atoms with Gasteiger partial charge in [0.05, 0.1) is 11.6 Å². The Morgan fingerprint density at radius 3 is 2.33 bits per heavy atom. The average Bonchev–Trinajstić information content (AvgIpc) is 2.70. The van der Waals surface area contributed by atoms with Crippen molar-refractivity contribution in [3.05, 3.63) is 73.1 Å². The molecule has 4 aromatic rings. The summed E-state index contributed by atoms with van der Waals surface area (Å²) in [5.74, 6) is 2.28. The van der Waals surface area contributed by atoms with Gasteiger partial charge in [-0.15, -0.1) is 0 Å². The van der Waals surface area contributed by atoms with Crippen LogP contribution in [0, 0.1) is 0 Å². The molecule has 2 aromatic carbocycles. The maximum atomic E-state index is 5.71. The van der Waals surface area contributed by atoms with Crippen LogP contribution in [0.1, 0.15) is 13.8 Å². The molecule has 0 atom stereocenters. The number of fused-ring (bicyclic) bond motifs is 1. The molecule has 2 heterocycles. The normalized spacial score (nSPS) is 10.9. The highest BCUT2D eigenvalue weighted by molar-refractivity contribution is 5.92. The largest absolute Gasteiger partial charge is 0.491 e. The van der Waals surface area contributed by atoms with Gasteiger partial charge in [-0.3, -0.25) is 4.98 Å². The Morgan fingerprint density at radius 2 is 1.59 bits per heavy atom. The molecular weight excluding hydrogens is 336 g/mol. The minimum absolute atomic E-state index is 0.150. The molecule has 0 saturated carbocycles. The molecule has 0 aliphatic heterocycles. The molecule has 134 valence electrons. The number of pyridine rings is 1. The highest BCUT2D eigenvalue weighted by atomic mass is 16.5. The molecule has 0 amide bonds. The number of ether oxygens (including phenoxy) is 1. The second kappa shape index (κ2) is 7.41. The first-order chi connectivity index (χ1) is 13.2. The summed E-state index contributed by atoms with van der Waals surface area (Å²) in [5, 5.41) is 4.39. The van der Waals surface area contributed by atoms with Crippen molar-refractivity contribution < 1.29 is 4.74 Å². The van der Waals surface area contributed by atoms with Gasteiger partial charge in [-0.1, -0.05) is 12.1 Å². The summed E-state index contributed by atoms with van der Waals surface area (Å²) >= 11 is 0. The minimum Gasteiger partial charge on any atom is -0.491 e. The second-order valence-corrected chi connectivity index (χ2v) is 6.46. The van der Waals surface area contributed by atoms with Gasteiger partial charge in [0.2, 0.25) is 0 Å². The second-order valence-electron chi connectivity index (χ2n) is 6.46. The van der Waals surface area contributed by atoms with E-state index in [4.69, 9.17) is 14.7 Å². The lowest BCUT2D eigenvalue weighted by atomic mass is 10.2. The summed E-state index contributed by atoms with van der Waals surface area (Å²) in [6.07, 6.45) is 3.64. The van der Waals surface area contributed by atoms with E-state index < -0.39 is 0 Å². The number of para-hydroxylation sites is 1. The van der Waals surface area contributed by atoms with Crippen molar-refractivity contribution in [1.29, 1.82) is 0 Å². The Balaban J connectivity index is 1.72. The smallest absolute Gasteiger partial charge is 0.162 e. The van der Waals surface area contributed by atoms with Crippen LogP contribution in [0.5, 0.6) is 5.75 Å². The van der Waals surface area contributed by atoms with Crippen molar-refractivity contribution in [2.24, 2.45) is 0 Å². The summed E-state index contributed by atoms with van der Waals surface area (Å²) in [5.41, 5.74) is 2.76. The Labute approximate surface area is 158 Å². The molecule has 0 unspecified atom stereocenters. The van der Waals surface area contributed by atoms with Crippen molar-refractivity contribution in [2.75, 3.05) is 5.32 Å². The Morgan fingerprint density at radius 1 is 0.852 bits per heavy atom. The fourth-order valence-electron chi connectivity index (χ4n) is 2.83. The summed E-state index contributed by atoms with van der Waals surface area (Å²) < 4.78 is 5.71. The fourth-order valence-corrected chi connectivity index (χ4v) is 2.83. The third-order valence-corrected chi connectivity index (χ3v) is 4.03. The minimum atomic E-state index is 0.150. The van der Waals surface area contributed by atoms with Gasteiger partial charge in [0, 0.05) is 29.0 Å². The van der Waals surface area contributed by atoms with Crippen LogP contribution in [-0.4, -0.2) is 21.1 Å². The van der Waals surface area contributed by atoms with Crippen LogP contribution in [-0.2, 0) is 0 Å². The van der Waals surface area contributed by atoms with Gasteiger partial charge >= 0.3 is 0 Å². The van der Waals surface area contributed by atoms with Crippen molar-refractivity contribution in [1.82, 2.24) is 15.0 Å². The number of hydrogen-bond donors (Lipinski definition) is 1. The summed E-state index contributed by atoms with van der Waals surface area (Å²) in [7, 11) is 0. The third-order valence-electron chi connectivity index (χ3n) is 4.03. The standard InChI is InChI=1S/C22H20N4O/c1-15(2)27-18-9-7-17(8-10-18)24-22-19-5-3-4-6-20(19)25-21(26-22)16-11-13-23-14-12-16/h3-15H,1-2H3,(H,24,25,26). The van der Waals surface area contributed by atoms with Crippen molar-refractivity contribution in [3.63, 3.8) is 0 Å². The van der Waals surface area contributed by atoms with Crippen LogP contribution in [0.2, 0.25) is 0 Å². The number of hydrogen-bond acceptors (Lipinski definition) is 5. The zero-order valence-electron chi connectivity index (χ0n) is 15.3. The van der Waals surface area contributed by atoms with Gasteiger partial charge in [0.1, 0.15) is 11.6 Å². The molecule has 0 fully saturated rings. The highest BCUT2D eigenvalue weighted by Crippen LogP contribution is 2.28. The molecule has 0 aliphatic carbocycles. The van der Waals surface area contributed by atoms with Crippen LogP contribution in [0.25, 0.3) is 22.3 Å². The fraction of sp³-hybridized carbons (Fsp3) is 0.136. The number of benzene rings is 2. The lowest BCUT2D eigenvalue weighted by Crippen LogP contribution is -2.05. The van der Waals surface area contributed by atoms with E-state index in [1.54, 1.807) is 12.4 Å². The monoisotopic (exact) mass is 356 g/mol. The van der Waals surface area contributed by atoms with Crippen LogP contribution >= 0.6 is 0 Å². The molecule has 4 rings (SSSR count). The Kier molecular flexibility index (Phi) is 4.66. The quantitative estimate of drug-likeness (QED) is 0.531. The number of anilines is 2. The van der Waals surface area contributed by atoms with Gasteiger partial charge < -0.3 is 10.1 Å². The van der Waals surface area contributed by atoms with E-state index in [9.17, 15) is 0 Å². The number of nitrogens with one attached hydrogen (secondary N) is 1. The van der Waals surface area contributed by atoms with Gasteiger partial charge in [-0.05, 0) is 62.4 Å². The first-order valence-electron chi connectivity index (χ1n) is 8.90. The van der Waals surface area contributed by atoms with E-state index in [0.717, 1.165) is 33.7 Å². The lowest BCUT2D eigenvalue weighted by molar-refractivity contribution is 0.242.